The second kappa shape index (κ2) is 6.36. The normalized spacial score (nSPS) is 14.0. The van der Waals surface area contributed by atoms with Gasteiger partial charge in [-0.05, 0) is 0 Å². The summed E-state index contributed by atoms with van der Waals surface area (Å²) in [6.07, 6.45) is -15.2. The van der Waals surface area contributed by atoms with Gasteiger partial charge in [-0.2, -0.15) is 26.3 Å². The third kappa shape index (κ3) is 5.08. The second-order valence-corrected chi connectivity index (χ2v) is 5.89. The number of nitrogens with zero attached hydrogens (tertiary/aromatic N) is 1. The number of rotatable bonds is 6. The van der Waals surface area contributed by atoms with Crippen LogP contribution in [0.25, 0.3) is 0 Å². The quantitative estimate of drug-likeness (QED) is 0.250. The van der Waals surface area contributed by atoms with E-state index in [4.69, 9.17) is 0 Å². The van der Waals surface area contributed by atoms with Gasteiger partial charge in [0.2, 0.25) is 10.0 Å². The summed E-state index contributed by atoms with van der Waals surface area (Å²) in [5, 5.41) is 10.3. The molecule has 0 aromatic heterocycles. The van der Waals surface area contributed by atoms with Crippen LogP contribution in [-0.2, 0) is 14.8 Å². The molecule has 22 heavy (non-hydrogen) atoms. The highest BCUT2D eigenvalue weighted by atomic mass is 32.2. The van der Waals surface area contributed by atoms with Crippen molar-refractivity contribution in [3.05, 3.63) is 5.21 Å². The minimum absolute atomic E-state index is 0.562. The standard InChI is InChI=1S/C8H9F7N2O4S/c1-17(19)5(18)4-16-22(20,21)3-2-6(9,7(10,11)12)8(13,14)15/h16H,1-4H2. The van der Waals surface area contributed by atoms with Crippen molar-refractivity contribution in [3.8, 4) is 0 Å². The van der Waals surface area contributed by atoms with Gasteiger partial charge in [0, 0.05) is 6.42 Å². The molecule has 0 heterocycles. The van der Waals surface area contributed by atoms with Crippen LogP contribution in [0, 0.1) is 5.21 Å². The van der Waals surface area contributed by atoms with E-state index in [1.165, 1.54) is 4.72 Å². The van der Waals surface area contributed by atoms with Gasteiger partial charge in [0.05, 0.1) is 5.75 Å². The lowest BCUT2D eigenvalue weighted by molar-refractivity contribution is -0.372. The Bertz CT molecular complexity index is 526. The SMILES string of the molecule is C=[N+]([O-])C(=O)CNS(=O)(=O)CCC(F)(C(F)(F)F)C(F)(F)F. The molecule has 0 saturated carbocycles. The molecule has 0 saturated heterocycles. The molecule has 0 aliphatic heterocycles. The lowest BCUT2D eigenvalue weighted by atomic mass is 10.0. The first-order chi connectivity index (χ1) is 9.53. The molecule has 1 N–H and O–H groups in total. The number of carbonyl (C=O) groups is 1. The summed E-state index contributed by atoms with van der Waals surface area (Å²) >= 11 is 0. The van der Waals surface area contributed by atoms with E-state index in [-0.39, 0.29) is 0 Å². The number of hydrogen-bond acceptors (Lipinski definition) is 4. The zero-order valence-electron chi connectivity index (χ0n) is 10.5. The van der Waals surface area contributed by atoms with E-state index in [1.54, 1.807) is 0 Å². The highest BCUT2D eigenvalue weighted by Gasteiger charge is 2.72. The summed E-state index contributed by atoms with van der Waals surface area (Å²) in [7, 11) is -4.87. The largest absolute Gasteiger partial charge is 0.617 e. The van der Waals surface area contributed by atoms with E-state index in [2.05, 4.69) is 6.72 Å². The Labute approximate surface area is 119 Å². The number of hydroxylamine groups is 1. The second-order valence-electron chi connectivity index (χ2n) is 3.96. The molecule has 14 heteroatoms. The Morgan fingerprint density at radius 1 is 1.09 bits per heavy atom. The average molecular weight is 362 g/mol. The van der Waals surface area contributed by atoms with Crippen molar-refractivity contribution < 1.29 is 48.7 Å². The van der Waals surface area contributed by atoms with Crippen molar-refractivity contribution in [2.75, 3.05) is 12.3 Å². The van der Waals surface area contributed by atoms with Gasteiger partial charge in [-0.1, -0.05) is 0 Å². The maximum atomic E-state index is 13.2. The van der Waals surface area contributed by atoms with Crippen LogP contribution >= 0.6 is 0 Å². The Balaban J connectivity index is 5.02. The number of amides is 1. The van der Waals surface area contributed by atoms with Crippen molar-refractivity contribution in [2.24, 2.45) is 0 Å². The van der Waals surface area contributed by atoms with E-state index in [1.807, 2.05) is 0 Å². The molecule has 0 radical (unpaired) electrons. The summed E-state index contributed by atoms with van der Waals surface area (Å²) in [5.41, 5.74) is -5.73. The molecule has 0 fully saturated rings. The predicted molar refractivity (Wildman–Crippen MR) is 58.1 cm³/mol. The molecule has 130 valence electrons. The summed E-state index contributed by atoms with van der Waals surface area (Å²) in [4.78, 5) is 10.7. The fourth-order valence-electron chi connectivity index (χ4n) is 1.05. The lowest BCUT2D eigenvalue weighted by Gasteiger charge is -2.29. The molecule has 0 aromatic carbocycles. The van der Waals surface area contributed by atoms with E-state index in [0.717, 1.165) is 0 Å². The van der Waals surface area contributed by atoms with Crippen molar-refractivity contribution in [3.63, 3.8) is 0 Å². The topological polar surface area (TPSA) is 89.3 Å². The molecule has 0 spiro atoms. The maximum Gasteiger partial charge on any atom is 0.431 e. The third-order valence-electron chi connectivity index (χ3n) is 2.34. The first-order valence-electron chi connectivity index (χ1n) is 5.14. The van der Waals surface area contributed by atoms with Crippen LogP contribution in [0.1, 0.15) is 6.42 Å². The Morgan fingerprint density at radius 3 is 1.82 bits per heavy atom. The molecule has 0 aliphatic rings. The van der Waals surface area contributed by atoms with E-state index < -0.39 is 57.4 Å². The van der Waals surface area contributed by atoms with Crippen LogP contribution in [0.5, 0.6) is 0 Å². The van der Waals surface area contributed by atoms with Gasteiger partial charge in [-0.3, -0.25) is 0 Å². The van der Waals surface area contributed by atoms with Crippen molar-refractivity contribution in [2.45, 2.75) is 24.4 Å². The number of sulfonamides is 1. The van der Waals surface area contributed by atoms with Gasteiger partial charge in [-0.15, -0.1) is 4.74 Å². The molecule has 0 rings (SSSR count). The first kappa shape index (κ1) is 20.6. The zero-order chi connectivity index (χ0) is 18.0. The van der Waals surface area contributed by atoms with Gasteiger partial charge in [0.25, 0.3) is 5.67 Å². The van der Waals surface area contributed by atoms with Crippen LogP contribution in [0.2, 0.25) is 0 Å². The summed E-state index contributed by atoms with van der Waals surface area (Å²) in [6.45, 7) is 1.28. The molecule has 1 amide bonds. The zero-order valence-corrected chi connectivity index (χ0v) is 11.3. The van der Waals surface area contributed by atoms with E-state index in [9.17, 15) is 49.2 Å². The third-order valence-corrected chi connectivity index (χ3v) is 3.66. The van der Waals surface area contributed by atoms with Crippen LogP contribution in [-0.4, -0.2) is 56.1 Å². The van der Waals surface area contributed by atoms with E-state index >= 15 is 0 Å². The molecule has 0 aliphatic carbocycles. The van der Waals surface area contributed by atoms with Gasteiger partial charge in [-0.25, -0.2) is 22.3 Å². The van der Waals surface area contributed by atoms with Crippen LogP contribution in [0.15, 0.2) is 0 Å². The van der Waals surface area contributed by atoms with E-state index in [0.29, 0.717) is 0 Å². The molecule has 0 bridgehead atoms. The average Bonchev–Trinajstić information content (AvgIpc) is 2.30. The lowest BCUT2D eigenvalue weighted by Crippen LogP contribution is -2.54. The van der Waals surface area contributed by atoms with Gasteiger partial charge < -0.3 is 5.21 Å². The Morgan fingerprint density at radius 2 is 1.50 bits per heavy atom. The Kier molecular flexibility index (Phi) is 5.94. The highest BCUT2D eigenvalue weighted by molar-refractivity contribution is 7.89. The fourth-order valence-corrected chi connectivity index (χ4v) is 2.09. The minimum Gasteiger partial charge on any atom is -0.617 e. The van der Waals surface area contributed by atoms with Crippen LogP contribution < -0.4 is 4.72 Å². The van der Waals surface area contributed by atoms with Crippen LogP contribution in [0.4, 0.5) is 30.7 Å². The molecule has 0 atom stereocenters. The highest BCUT2D eigenvalue weighted by Crippen LogP contribution is 2.48. The first-order valence-corrected chi connectivity index (χ1v) is 6.79. The fraction of sp³-hybridized carbons (Fsp3) is 0.750. The number of nitrogens with one attached hydrogen (secondary N) is 1. The Hall–Kier alpha value is -1.44. The van der Waals surface area contributed by atoms with Gasteiger partial charge >= 0.3 is 18.3 Å². The van der Waals surface area contributed by atoms with Crippen LogP contribution in [0.3, 0.4) is 0 Å². The smallest absolute Gasteiger partial charge is 0.431 e. The van der Waals surface area contributed by atoms with Crippen molar-refractivity contribution in [1.29, 1.82) is 0 Å². The van der Waals surface area contributed by atoms with Crippen molar-refractivity contribution in [1.82, 2.24) is 4.72 Å². The number of hydrogen-bond donors (Lipinski definition) is 1. The monoisotopic (exact) mass is 362 g/mol. The number of alkyl halides is 7. The van der Waals surface area contributed by atoms with Gasteiger partial charge in [0.15, 0.2) is 0 Å². The number of halogens is 7. The predicted octanol–water partition coefficient (Wildman–Crippen LogP) is 0.866. The summed E-state index contributed by atoms with van der Waals surface area (Å²) in [6, 6.07) is 0. The molecule has 0 aromatic rings. The molecule has 0 unspecified atom stereocenters. The summed E-state index contributed by atoms with van der Waals surface area (Å²) in [5.74, 6) is -3.37. The molecule has 6 nitrogen and oxygen atoms in total. The number of carbonyl (C=O) groups excluding carboxylic acids is 1. The van der Waals surface area contributed by atoms with Crippen molar-refractivity contribution >= 4 is 22.6 Å². The minimum atomic E-state index is -6.38. The van der Waals surface area contributed by atoms with Gasteiger partial charge in [0.1, 0.15) is 13.3 Å². The maximum absolute atomic E-state index is 13.2. The molecular weight excluding hydrogens is 353 g/mol. The summed E-state index contributed by atoms with van der Waals surface area (Å²) < 4.78 is 109. The molecular formula is C8H9F7N2O4S.